The van der Waals surface area contributed by atoms with Gasteiger partial charge in [-0.2, -0.15) is 5.26 Å². The Bertz CT molecular complexity index is 431. The largest absolute Gasteiger partial charge is 0.374 e. The summed E-state index contributed by atoms with van der Waals surface area (Å²) in [6.07, 6.45) is 0. The Hall–Kier alpha value is -1.18. The fraction of sp³-hybridized carbons (Fsp3) is 0.417. The highest BCUT2D eigenvalue weighted by molar-refractivity contribution is 7.85. The lowest BCUT2D eigenvalue weighted by atomic mass is 10.1. The van der Waals surface area contributed by atoms with Gasteiger partial charge < -0.3 is 5.11 Å². The number of hydrogen-bond acceptors (Lipinski definition) is 3. The molecule has 0 spiro atoms. The predicted molar refractivity (Wildman–Crippen MR) is 63.3 cm³/mol. The molecule has 1 aromatic rings. The second kappa shape index (κ2) is 4.77. The molecule has 1 rings (SSSR count). The minimum atomic E-state index is -1.57. The van der Waals surface area contributed by atoms with Crippen molar-refractivity contribution in [3.8, 4) is 6.07 Å². The third-order valence-electron chi connectivity index (χ3n) is 2.59. The molecule has 0 radical (unpaired) electrons. The van der Waals surface area contributed by atoms with Gasteiger partial charge in [0.05, 0.1) is 22.1 Å². The molecule has 0 aliphatic carbocycles. The molecule has 1 N–H and O–H groups in total. The van der Waals surface area contributed by atoms with Crippen molar-refractivity contribution in [1.82, 2.24) is 0 Å². The van der Waals surface area contributed by atoms with Gasteiger partial charge in [0.2, 0.25) is 0 Å². The molecule has 0 aromatic heterocycles. The Morgan fingerprint density at radius 2 is 1.94 bits per heavy atom. The van der Waals surface area contributed by atoms with Crippen molar-refractivity contribution in [1.29, 1.82) is 5.26 Å². The monoisotopic (exact) mass is 237 g/mol. The maximum Gasteiger partial charge on any atom is 0.162 e. The summed E-state index contributed by atoms with van der Waals surface area (Å²) < 4.78 is 12.1. The summed E-state index contributed by atoms with van der Waals surface area (Å²) in [4.78, 5) is 0.633. The van der Waals surface area contributed by atoms with Crippen LogP contribution in [0.2, 0.25) is 0 Å². The molecule has 0 aliphatic rings. The summed E-state index contributed by atoms with van der Waals surface area (Å²) in [7, 11) is -1.38. The van der Waals surface area contributed by atoms with E-state index in [0.717, 1.165) is 5.56 Å². The molecule has 0 aliphatic heterocycles. The number of aryl methyl sites for hydroxylation is 1. The van der Waals surface area contributed by atoms with Gasteiger partial charge in [-0.3, -0.25) is 4.21 Å². The summed E-state index contributed by atoms with van der Waals surface area (Å²) in [5.41, 5.74) is -0.490. The van der Waals surface area contributed by atoms with Gasteiger partial charge in [-0.25, -0.2) is 0 Å². The smallest absolute Gasteiger partial charge is 0.162 e. The molecule has 0 fully saturated rings. The maximum atomic E-state index is 12.1. The minimum Gasteiger partial charge on any atom is -0.374 e. The van der Waals surface area contributed by atoms with E-state index in [1.54, 1.807) is 25.1 Å². The number of nitriles is 1. The molecule has 0 saturated carbocycles. The second-order valence-electron chi connectivity index (χ2n) is 4.01. The highest BCUT2D eigenvalue weighted by atomic mass is 32.2. The van der Waals surface area contributed by atoms with Crippen molar-refractivity contribution >= 4 is 10.8 Å². The fourth-order valence-corrected chi connectivity index (χ4v) is 2.46. The van der Waals surface area contributed by atoms with E-state index >= 15 is 0 Å². The highest BCUT2D eigenvalue weighted by Gasteiger charge is 2.33. The molecule has 0 saturated heterocycles. The van der Waals surface area contributed by atoms with Crippen LogP contribution in [-0.2, 0) is 10.8 Å². The molecule has 0 heterocycles. The van der Waals surface area contributed by atoms with E-state index in [1.807, 2.05) is 19.1 Å². The Balaban J connectivity index is 2.96. The van der Waals surface area contributed by atoms with Crippen LogP contribution in [0.1, 0.15) is 19.4 Å². The summed E-state index contributed by atoms with van der Waals surface area (Å²) in [6.45, 7) is 4.94. The third kappa shape index (κ3) is 2.69. The van der Waals surface area contributed by atoms with Crippen molar-refractivity contribution < 1.29 is 9.32 Å². The fourth-order valence-electron chi connectivity index (χ4n) is 1.18. The lowest BCUT2D eigenvalue weighted by molar-refractivity contribution is 0.120. The topological polar surface area (TPSA) is 61.1 Å². The lowest BCUT2D eigenvalue weighted by Gasteiger charge is -2.22. The molecule has 0 amide bonds. The zero-order valence-electron chi connectivity index (χ0n) is 9.60. The Labute approximate surface area is 98.2 Å². The standard InChI is InChI=1S/C12H15NO2S/c1-9-4-6-11(7-5-9)16(15)10(2)12(3,14)8-13/h4-7,10,14H,1-3H3/t10-,12-,16+/m0/s1. The van der Waals surface area contributed by atoms with E-state index in [0.29, 0.717) is 4.90 Å². The van der Waals surface area contributed by atoms with Gasteiger partial charge >= 0.3 is 0 Å². The number of benzene rings is 1. The lowest BCUT2D eigenvalue weighted by Crippen LogP contribution is -2.38. The zero-order valence-corrected chi connectivity index (χ0v) is 10.4. The minimum absolute atomic E-state index is 0.625. The van der Waals surface area contributed by atoms with Gasteiger partial charge in [0.1, 0.15) is 0 Å². The first-order valence-electron chi connectivity index (χ1n) is 4.99. The van der Waals surface area contributed by atoms with Crippen LogP contribution in [0.25, 0.3) is 0 Å². The van der Waals surface area contributed by atoms with Gasteiger partial charge in [-0.1, -0.05) is 17.7 Å². The van der Waals surface area contributed by atoms with Crippen LogP contribution in [0.3, 0.4) is 0 Å². The van der Waals surface area contributed by atoms with Gasteiger partial charge in [0, 0.05) is 4.90 Å². The first-order valence-corrected chi connectivity index (χ1v) is 6.20. The van der Waals surface area contributed by atoms with E-state index in [2.05, 4.69) is 0 Å². The normalized spacial score (nSPS) is 18.2. The molecule has 4 heteroatoms. The molecule has 86 valence electrons. The molecule has 0 bridgehead atoms. The number of aliphatic hydroxyl groups is 1. The van der Waals surface area contributed by atoms with Crippen molar-refractivity contribution in [2.24, 2.45) is 0 Å². The van der Waals surface area contributed by atoms with Crippen LogP contribution >= 0.6 is 0 Å². The van der Waals surface area contributed by atoms with Crippen LogP contribution in [0, 0.1) is 18.3 Å². The highest BCUT2D eigenvalue weighted by Crippen LogP contribution is 2.20. The van der Waals surface area contributed by atoms with Crippen molar-refractivity contribution in [2.75, 3.05) is 0 Å². The Kier molecular flexibility index (Phi) is 3.84. The van der Waals surface area contributed by atoms with Crippen molar-refractivity contribution in [3.05, 3.63) is 29.8 Å². The van der Waals surface area contributed by atoms with Crippen LogP contribution in [0.4, 0.5) is 0 Å². The Morgan fingerprint density at radius 1 is 1.44 bits per heavy atom. The van der Waals surface area contributed by atoms with Crippen LogP contribution < -0.4 is 0 Å². The van der Waals surface area contributed by atoms with Gasteiger partial charge in [0.25, 0.3) is 0 Å². The average molecular weight is 237 g/mol. The maximum absolute atomic E-state index is 12.1. The molecule has 3 nitrogen and oxygen atoms in total. The number of rotatable bonds is 3. The van der Waals surface area contributed by atoms with E-state index < -0.39 is 21.7 Å². The summed E-state index contributed by atoms with van der Waals surface area (Å²) in [5.74, 6) is 0. The third-order valence-corrected chi connectivity index (χ3v) is 4.43. The Morgan fingerprint density at radius 3 is 2.38 bits per heavy atom. The van der Waals surface area contributed by atoms with E-state index in [4.69, 9.17) is 5.26 Å². The first kappa shape index (κ1) is 12.9. The molecule has 0 unspecified atom stereocenters. The van der Waals surface area contributed by atoms with E-state index in [-0.39, 0.29) is 0 Å². The SMILES string of the molecule is Cc1ccc([S@](=O)[C@@H](C)[C@@](C)(O)C#N)cc1. The van der Waals surface area contributed by atoms with E-state index in [9.17, 15) is 9.32 Å². The average Bonchev–Trinajstić information content (AvgIpc) is 2.28. The van der Waals surface area contributed by atoms with Crippen LogP contribution in [0.15, 0.2) is 29.2 Å². The zero-order chi connectivity index (χ0) is 12.3. The van der Waals surface area contributed by atoms with E-state index in [1.165, 1.54) is 6.92 Å². The van der Waals surface area contributed by atoms with Gasteiger partial charge in [-0.15, -0.1) is 0 Å². The van der Waals surface area contributed by atoms with Crippen LogP contribution in [-0.4, -0.2) is 20.2 Å². The summed E-state index contributed by atoms with van der Waals surface area (Å²) >= 11 is 0. The van der Waals surface area contributed by atoms with Gasteiger partial charge in [-0.05, 0) is 32.9 Å². The first-order chi connectivity index (χ1) is 7.38. The quantitative estimate of drug-likeness (QED) is 0.815. The summed E-state index contributed by atoms with van der Waals surface area (Å²) in [6, 6.07) is 9.01. The van der Waals surface area contributed by atoms with Gasteiger partial charge in [0.15, 0.2) is 5.60 Å². The number of nitrogens with zero attached hydrogens (tertiary/aromatic N) is 1. The van der Waals surface area contributed by atoms with Crippen molar-refractivity contribution in [3.63, 3.8) is 0 Å². The molecular formula is C12H15NO2S. The predicted octanol–water partition coefficient (Wildman–Crippen LogP) is 1.77. The second-order valence-corrected chi connectivity index (χ2v) is 5.79. The van der Waals surface area contributed by atoms with Crippen LogP contribution in [0.5, 0.6) is 0 Å². The molecule has 1 aromatic carbocycles. The van der Waals surface area contributed by atoms with Crippen molar-refractivity contribution in [2.45, 2.75) is 36.5 Å². The molecule has 3 atom stereocenters. The number of hydrogen-bond donors (Lipinski definition) is 1. The molecular weight excluding hydrogens is 222 g/mol. The molecule has 16 heavy (non-hydrogen) atoms. The summed E-state index contributed by atoms with van der Waals surface area (Å²) in [5, 5.41) is 17.9.